The normalized spacial score (nSPS) is 10.7. The standard InChI is InChI=1S/C11H20N2/c1-9-8-11(10(2)13-9)6-4-3-5-7-12/h8,13H,3-7,12H2,1-2H3. The van der Waals surface area contributed by atoms with Crippen LogP contribution in [0.4, 0.5) is 0 Å². The molecular weight excluding hydrogens is 160 g/mol. The molecule has 2 nitrogen and oxygen atoms in total. The van der Waals surface area contributed by atoms with E-state index in [-0.39, 0.29) is 0 Å². The average Bonchev–Trinajstić information content (AvgIpc) is 2.39. The summed E-state index contributed by atoms with van der Waals surface area (Å²) in [6.07, 6.45) is 4.86. The molecule has 0 aliphatic rings. The number of H-pyrrole nitrogens is 1. The van der Waals surface area contributed by atoms with E-state index < -0.39 is 0 Å². The highest BCUT2D eigenvalue weighted by atomic mass is 14.7. The Hall–Kier alpha value is -0.760. The van der Waals surface area contributed by atoms with E-state index in [0.717, 1.165) is 13.0 Å². The Kier molecular flexibility index (Phi) is 4.03. The minimum Gasteiger partial charge on any atom is -0.362 e. The van der Waals surface area contributed by atoms with E-state index in [1.54, 1.807) is 0 Å². The molecule has 13 heavy (non-hydrogen) atoms. The van der Waals surface area contributed by atoms with Crippen molar-refractivity contribution in [2.24, 2.45) is 5.73 Å². The van der Waals surface area contributed by atoms with Gasteiger partial charge in [0.05, 0.1) is 0 Å². The van der Waals surface area contributed by atoms with Gasteiger partial charge in [-0.1, -0.05) is 6.42 Å². The Labute approximate surface area is 80.5 Å². The van der Waals surface area contributed by atoms with Crippen LogP contribution in [0.15, 0.2) is 6.07 Å². The molecule has 3 N–H and O–H groups in total. The number of rotatable bonds is 5. The summed E-state index contributed by atoms with van der Waals surface area (Å²) >= 11 is 0. The molecule has 74 valence electrons. The van der Waals surface area contributed by atoms with Gasteiger partial charge in [0.25, 0.3) is 0 Å². The van der Waals surface area contributed by atoms with Crippen LogP contribution in [-0.4, -0.2) is 11.5 Å². The number of aryl methyl sites for hydroxylation is 3. The Bertz CT molecular complexity index is 251. The summed E-state index contributed by atoms with van der Waals surface area (Å²) in [5.74, 6) is 0. The lowest BCUT2D eigenvalue weighted by Crippen LogP contribution is -1.98. The van der Waals surface area contributed by atoms with E-state index in [0.29, 0.717) is 0 Å². The molecule has 0 amide bonds. The van der Waals surface area contributed by atoms with Crippen LogP contribution in [0.5, 0.6) is 0 Å². The van der Waals surface area contributed by atoms with Gasteiger partial charge in [-0.15, -0.1) is 0 Å². The van der Waals surface area contributed by atoms with Gasteiger partial charge in [0.15, 0.2) is 0 Å². The number of hydrogen-bond acceptors (Lipinski definition) is 1. The van der Waals surface area contributed by atoms with Gasteiger partial charge in [0.1, 0.15) is 0 Å². The van der Waals surface area contributed by atoms with Crippen LogP contribution in [0, 0.1) is 13.8 Å². The fraction of sp³-hybridized carbons (Fsp3) is 0.636. The van der Waals surface area contributed by atoms with Gasteiger partial charge in [-0.05, 0) is 51.3 Å². The molecule has 0 saturated heterocycles. The Morgan fingerprint density at radius 1 is 1.23 bits per heavy atom. The van der Waals surface area contributed by atoms with Crippen LogP contribution in [0.3, 0.4) is 0 Å². The van der Waals surface area contributed by atoms with Crippen molar-refractivity contribution in [1.82, 2.24) is 4.98 Å². The summed E-state index contributed by atoms with van der Waals surface area (Å²) in [4.78, 5) is 3.32. The molecule has 1 heterocycles. The minimum atomic E-state index is 0.825. The first-order valence-corrected chi connectivity index (χ1v) is 5.09. The fourth-order valence-corrected chi connectivity index (χ4v) is 1.68. The van der Waals surface area contributed by atoms with E-state index in [9.17, 15) is 0 Å². The van der Waals surface area contributed by atoms with Crippen molar-refractivity contribution < 1.29 is 0 Å². The molecule has 0 unspecified atom stereocenters. The largest absolute Gasteiger partial charge is 0.362 e. The zero-order valence-corrected chi connectivity index (χ0v) is 8.69. The number of aromatic amines is 1. The highest BCUT2D eigenvalue weighted by Gasteiger charge is 2.00. The predicted molar refractivity (Wildman–Crippen MR) is 56.9 cm³/mol. The van der Waals surface area contributed by atoms with Gasteiger partial charge in [-0.3, -0.25) is 0 Å². The van der Waals surface area contributed by atoms with Crippen LogP contribution < -0.4 is 5.73 Å². The van der Waals surface area contributed by atoms with E-state index in [2.05, 4.69) is 24.9 Å². The van der Waals surface area contributed by atoms with Crippen LogP contribution in [0.1, 0.15) is 36.2 Å². The van der Waals surface area contributed by atoms with Crippen LogP contribution in [-0.2, 0) is 6.42 Å². The van der Waals surface area contributed by atoms with Crippen LogP contribution >= 0.6 is 0 Å². The molecule has 0 bridgehead atoms. The molecule has 0 radical (unpaired) electrons. The number of unbranched alkanes of at least 4 members (excludes halogenated alkanes) is 2. The number of nitrogens with one attached hydrogen (secondary N) is 1. The second kappa shape index (κ2) is 5.07. The first kappa shape index (κ1) is 10.3. The summed E-state index contributed by atoms with van der Waals surface area (Å²) in [6.45, 7) is 5.08. The van der Waals surface area contributed by atoms with Gasteiger partial charge >= 0.3 is 0 Å². The van der Waals surface area contributed by atoms with Gasteiger partial charge in [-0.25, -0.2) is 0 Å². The molecule has 0 spiro atoms. The predicted octanol–water partition coefficient (Wildman–Crippen LogP) is 2.30. The van der Waals surface area contributed by atoms with Crippen molar-refractivity contribution in [3.8, 4) is 0 Å². The zero-order chi connectivity index (χ0) is 9.68. The first-order valence-electron chi connectivity index (χ1n) is 5.09. The Morgan fingerprint density at radius 2 is 2.00 bits per heavy atom. The van der Waals surface area contributed by atoms with Gasteiger partial charge < -0.3 is 10.7 Å². The molecule has 1 rings (SSSR count). The third-order valence-corrected chi connectivity index (χ3v) is 2.41. The summed E-state index contributed by atoms with van der Waals surface area (Å²) in [5.41, 5.74) is 9.50. The second-order valence-corrected chi connectivity index (χ2v) is 3.70. The topological polar surface area (TPSA) is 41.8 Å². The Balaban J connectivity index is 2.32. The van der Waals surface area contributed by atoms with E-state index >= 15 is 0 Å². The van der Waals surface area contributed by atoms with Crippen molar-refractivity contribution in [3.05, 3.63) is 23.0 Å². The lowest BCUT2D eigenvalue weighted by molar-refractivity contribution is 0.685. The molecular formula is C11H20N2. The molecule has 0 aliphatic heterocycles. The fourth-order valence-electron chi connectivity index (χ4n) is 1.68. The third kappa shape index (κ3) is 3.23. The molecule has 0 fully saturated rings. The highest BCUT2D eigenvalue weighted by molar-refractivity contribution is 5.24. The van der Waals surface area contributed by atoms with Gasteiger partial charge in [-0.2, -0.15) is 0 Å². The minimum absolute atomic E-state index is 0.825. The van der Waals surface area contributed by atoms with E-state index in [1.165, 1.54) is 36.2 Å². The molecule has 2 heteroatoms. The summed E-state index contributed by atoms with van der Waals surface area (Å²) in [5, 5.41) is 0. The molecule has 1 aromatic rings. The van der Waals surface area contributed by atoms with Crippen molar-refractivity contribution in [1.29, 1.82) is 0 Å². The quantitative estimate of drug-likeness (QED) is 0.671. The summed E-state index contributed by atoms with van der Waals surface area (Å²) in [7, 11) is 0. The maximum absolute atomic E-state index is 5.44. The Morgan fingerprint density at radius 3 is 2.54 bits per heavy atom. The number of hydrogen-bond donors (Lipinski definition) is 2. The SMILES string of the molecule is Cc1cc(CCCCCN)c(C)[nH]1. The second-order valence-electron chi connectivity index (χ2n) is 3.70. The maximum atomic E-state index is 5.44. The monoisotopic (exact) mass is 180 g/mol. The summed E-state index contributed by atoms with van der Waals surface area (Å²) in [6, 6.07) is 2.25. The number of nitrogens with two attached hydrogens (primary N) is 1. The van der Waals surface area contributed by atoms with Crippen molar-refractivity contribution in [2.45, 2.75) is 39.5 Å². The lowest BCUT2D eigenvalue weighted by atomic mass is 10.1. The van der Waals surface area contributed by atoms with E-state index in [1.807, 2.05) is 0 Å². The lowest BCUT2D eigenvalue weighted by Gasteiger charge is -1.99. The molecule has 0 saturated carbocycles. The van der Waals surface area contributed by atoms with Gasteiger partial charge in [0, 0.05) is 11.4 Å². The third-order valence-electron chi connectivity index (χ3n) is 2.41. The van der Waals surface area contributed by atoms with Crippen molar-refractivity contribution in [3.63, 3.8) is 0 Å². The zero-order valence-electron chi connectivity index (χ0n) is 8.69. The van der Waals surface area contributed by atoms with E-state index in [4.69, 9.17) is 5.73 Å². The highest BCUT2D eigenvalue weighted by Crippen LogP contribution is 2.12. The smallest absolute Gasteiger partial charge is 0.0150 e. The summed E-state index contributed by atoms with van der Waals surface area (Å²) < 4.78 is 0. The maximum Gasteiger partial charge on any atom is 0.0150 e. The van der Waals surface area contributed by atoms with Crippen LogP contribution in [0.25, 0.3) is 0 Å². The first-order chi connectivity index (χ1) is 6.24. The molecule has 1 aromatic heterocycles. The van der Waals surface area contributed by atoms with Gasteiger partial charge in [0.2, 0.25) is 0 Å². The average molecular weight is 180 g/mol. The van der Waals surface area contributed by atoms with Crippen molar-refractivity contribution >= 4 is 0 Å². The van der Waals surface area contributed by atoms with Crippen LogP contribution in [0.2, 0.25) is 0 Å². The van der Waals surface area contributed by atoms with Crippen molar-refractivity contribution in [2.75, 3.05) is 6.54 Å². The number of aromatic nitrogens is 1. The molecule has 0 aliphatic carbocycles. The molecule has 0 atom stereocenters. The molecule has 0 aromatic carbocycles.